The Morgan fingerprint density at radius 1 is 1.20 bits per heavy atom. The second kappa shape index (κ2) is 8.16. The lowest BCUT2D eigenvalue weighted by Gasteiger charge is -2.10. The molecule has 5 nitrogen and oxygen atoms in total. The van der Waals surface area contributed by atoms with Crippen LogP contribution in [0.15, 0.2) is 62.9 Å². The molecule has 2 aromatic carbocycles. The number of hydrogen-bond donors (Lipinski definition) is 1. The van der Waals surface area contributed by atoms with Crippen molar-refractivity contribution in [1.82, 2.24) is 14.8 Å². The van der Waals surface area contributed by atoms with E-state index < -0.39 is 0 Å². The van der Waals surface area contributed by atoms with Crippen molar-refractivity contribution in [2.45, 2.75) is 12.1 Å². The molecule has 0 aliphatic carbocycles. The minimum atomic E-state index is -0.119. The number of nitrogens with zero attached hydrogens (tertiary/aromatic N) is 3. The van der Waals surface area contributed by atoms with Gasteiger partial charge in [0.15, 0.2) is 0 Å². The van der Waals surface area contributed by atoms with Gasteiger partial charge in [0.25, 0.3) is 0 Å². The molecule has 1 heterocycles. The van der Waals surface area contributed by atoms with Crippen molar-refractivity contribution in [2.24, 2.45) is 0 Å². The molecule has 1 aromatic heterocycles. The third kappa shape index (κ3) is 4.71. The van der Waals surface area contributed by atoms with E-state index >= 15 is 0 Å². The first-order valence-corrected chi connectivity index (χ1v) is 9.95. The summed E-state index contributed by atoms with van der Waals surface area (Å²) in [6.07, 6.45) is 1.64. The maximum absolute atomic E-state index is 12.2. The number of carbonyl (C=O) groups is 1. The maximum atomic E-state index is 12.2. The van der Waals surface area contributed by atoms with Gasteiger partial charge in [0.05, 0.1) is 17.1 Å². The number of carbonyl (C=O) groups excluding carboxylic acids is 1. The first-order chi connectivity index (χ1) is 12.0. The molecule has 8 heteroatoms. The molecule has 0 saturated heterocycles. The highest BCUT2D eigenvalue weighted by molar-refractivity contribution is 9.11. The largest absolute Gasteiger partial charge is 0.323 e. The molecule has 25 heavy (non-hydrogen) atoms. The van der Waals surface area contributed by atoms with Gasteiger partial charge in [-0.05, 0) is 68.6 Å². The number of para-hydroxylation sites is 1. The molecular formula is C17H14Br2N4OS. The molecule has 128 valence electrons. The molecule has 0 saturated carbocycles. The molecule has 0 bridgehead atoms. The number of nitrogens with one attached hydrogen (secondary N) is 1. The van der Waals surface area contributed by atoms with Gasteiger partial charge in [0.2, 0.25) is 11.1 Å². The van der Waals surface area contributed by atoms with Crippen LogP contribution in [0.25, 0.3) is 5.69 Å². The van der Waals surface area contributed by atoms with Crippen LogP contribution in [0.3, 0.4) is 0 Å². The predicted octanol–water partition coefficient (Wildman–Crippen LogP) is 4.83. The number of anilines is 1. The van der Waals surface area contributed by atoms with Gasteiger partial charge >= 0.3 is 0 Å². The van der Waals surface area contributed by atoms with Gasteiger partial charge in [0.1, 0.15) is 6.33 Å². The summed E-state index contributed by atoms with van der Waals surface area (Å²) >= 11 is 8.24. The van der Waals surface area contributed by atoms with E-state index in [2.05, 4.69) is 47.3 Å². The lowest BCUT2D eigenvalue weighted by molar-refractivity contribution is -0.113. The summed E-state index contributed by atoms with van der Waals surface area (Å²) in [5, 5.41) is 7.83. The average Bonchev–Trinajstić information content (AvgIpc) is 3.06. The Balaban J connectivity index is 1.61. The quantitative estimate of drug-likeness (QED) is 0.530. The third-order valence-corrected chi connectivity index (χ3v) is 5.38. The summed E-state index contributed by atoms with van der Waals surface area (Å²) in [6, 6.07) is 13.6. The highest BCUT2D eigenvalue weighted by Crippen LogP contribution is 2.32. The second-order valence-electron chi connectivity index (χ2n) is 5.25. The van der Waals surface area contributed by atoms with Crippen LogP contribution in [0.2, 0.25) is 0 Å². The molecule has 0 spiro atoms. The number of aromatic nitrogens is 3. The zero-order chi connectivity index (χ0) is 17.8. The topological polar surface area (TPSA) is 59.8 Å². The van der Waals surface area contributed by atoms with Crippen LogP contribution < -0.4 is 5.32 Å². The first kappa shape index (κ1) is 18.2. The monoisotopic (exact) mass is 480 g/mol. The van der Waals surface area contributed by atoms with Crippen molar-refractivity contribution in [3.63, 3.8) is 0 Å². The van der Waals surface area contributed by atoms with Crippen molar-refractivity contribution in [3.8, 4) is 5.69 Å². The van der Waals surface area contributed by atoms with Gasteiger partial charge in [-0.3, -0.25) is 4.79 Å². The maximum Gasteiger partial charge on any atom is 0.234 e. The van der Waals surface area contributed by atoms with Crippen LogP contribution >= 0.6 is 43.6 Å². The molecule has 0 aliphatic rings. The lowest BCUT2D eigenvalue weighted by Crippen LogP contribution is -2.15. The van der Waals surface area contributed by atoms with Crippen LogP contribution in [-0.2, 0) is 4.79 Å². The van der Waals surface area contributed by atoms with Crippen molar-refractivity contribution >= 4 is 55.2 Å². The average molecular weight is 482 g/mol. The van der Waals surface area contributed by atoms with E-state index in [-0.39, 0.29) is 11.7 Å². The first-order valence-electron chi connectivity index (χ1n) is 7.38. The summed E-state index contributed by atoms with van der Waals surface area (Å²) in [5.41, 5.74) is 2.75. The summed E-state index contributed by atoms with van der Waals surface area (Å²) in [5.74, 6) is 0.109. The van der Waals surface area contributed by atoms with Crippen LogP contribution in [0, 0.1) is 6.92 Å². The summed E-state index contributed by atoms with van der Waals surface area (Å²) < 4.78 is 3.36. The lowest BCUT2D eigenvalue weighted by atomic mass is 10.2. The minimum Gasteiger partial charge on any atom is -0.323 e. The molecule has 0 unspecified atom stereocenters. The smallest absolute Gasteiger partial charge is 0.234 e. The summed E-state index contributed by atoms with van der Waals surface area (Å²) in [6.45, 7) is 1.99. The number of aryl methyl sites for hydroxylation is 1. The van der Waals surface area contributed by atoms with Crippen molar-refractivity contribution in [1.29, 1.82) is 0 Å². The Morgan fingerprint density at radius 3 is 2.56 bits per heavy atom. The molecule has 0 fully saturated rings. The minimum absolute atomic E-state index is 0.119. The van der Waals surface area contributed by atoms with Crippen LogP contribution in [0.5, 0.6) is 0 Å². The van der Waals surface area contributed by atoms with E-state index in [1.807, 2.05) is 49.4 Å². The number of rotatable bonds is 5. The van der Waals surface area contributed by atoms with E-state index in [4.69, 9.17) is 0 Å². The normalized spacial score (nSPS) is 10.7. The van der Waals surface area contributed by atoms with E-state index in [9.17, 15) is 4.79 Å². The fraction of sp³-hybridized carbons (Fsp3) is 0.118. The fourth-order valence-electron chi connectivity index (χ4n) is 2.14. The molecule has 0 radical (unpaired) electrons. The van der Waals surface area contributed by atoms with Gasteiger partial charge in [0, 0.05) is 8.95 Å². The molecule has 0 atom stereocenters. The standard InChI is InChI=1S/C17H14Br2N4OS/c1-11-7-13(18)16(14(19)8-11)21-15(24)9-25-17-20-10-23(22-17)12-5-3-2-4-6-12/h2-8,10H,9H2,1H3,(H,21,24). The molecule has 3 rings (SSSR count). The van der Waals surface area contributed by atoms with Crippen LogP contribution in [-0.4, -0.2) is 26.4 Å². The predicted molar refractivity (Wildman–Crippen MR) is 107 cm³/mol. The number of halogens is 2. The second-order valence-corrected chi connectivity index (χ2v) is 7.90. The fourth-order valence-corrected chi connectivity index (χ4v) is 4.36. The van der Waals surface area contributed by atoms with Crippen LogP contribution in [0.1, 0.15) is 5.56 Å². The van der Waals surface area contributed by atoms with Gasteiger partial charge in [-0.15, -0.1) is 5.10 Å². The zero-order valence-electron chi connectivity index (χ0n) is 13.2. The number of hydrogen-bond acceptors (Lipinski definition) is 4. The molecule has 0 aliphatic heterocycles. The van der Waals surface area contributed by atoms with E-state index in [0.717, 1.165) is 25.9 Å². The molecule has 1 N–H and O–H groups in total. The molecule has 3 aromatic rings. The summed E-state index contributed by atoms with van der Waals surface area (Å²) in [4.78, 5) is 16.5. The Morgan fingerprint density at radius 2 is 1.88 bits per heavy atom. The van der Waals surface area contributed by atoms with Crippen molar-refractivity contribution in [3.05, 3.63) is 63.3 Å². The highest BCUT2D eigenvalue weighted by atomic mass is 79.9. The number of benzene rings is 2. The SMILES string of the molecule is Cc1cc(Br)c(NC(=O)CSc2ncn(-c3ccccc3)n2)c(Br)c1. The Hall–Kier alpha value is -1.64. The third-order valence-electron chi connectivity index (χ3n) is 3.27. The number of amides is 1. The Bertz CT molecular complexity index is 876. The van der Waals surface area contributed by atoms with Crippen molar-refractivity contribution in [2.75, 3.05) is 11.1 Å². The Labute approximate surface area is 166 Å². The van der Waals surface area contributed by atoms with Gasteiger partial charge < -0.3 is 5.32 Å². The Kier molecular flexibility index (Phi) is 5.93. The van der Waals surface area contributed by atoms with E-state index in [1.54, 1.807) is 11.0 Å². The number of thioether (sulfide) groups is 1. The zero-order valence-corrected chi connectivity index (χ0v) is 17.2. The van der Waals surface area contributed by atoms with Gasteiger partial charge in [-0.1, -0.05) is 30.0 Å². The summed E-state index contributed by atoms with van der Waals surface area (Å²) in [7, 11) is 0. The highest BCUT2D eigenvalue weighted by Gasteiger charge is 2.12. The van der Waals surface area contributed by atoms with E-state index in [0.29, 0.717) is 5.16 Å². The van der Waals surface area contributed by atoms with Crippen molar-refractivity contribution < 1.29 is 4.79 Å². The molecule has 1 amide bonds. The van der Waals surface area contributed by atoms with Gasteiger partial charge in [-0.25, -0.2) is 9.67 Å². The molecular weight excluding hydrogens is 468 g/mol. The van der Waals surface area contributed by atoms with Gasteiger partial charge in [-0.2, -0.15) is 0 Å². The van der Waals surface area contributed by atoms with E-state index in [1.165, 1.54) is 11.8 Å². The van der Waals surface area contributed by atoms with Crippen LogP contribution in [0.4, 0.5) is 5.69 Å².